The number of rotatable bonds is 4. The minimum atomic E-state index is -0.303. The van der Waals surface area contributed by atoms with Crippen LogP contribution in [-0.4, -0.2) is 32.3 Å². The van der Waals surface area contributed by atoms with Gasteiger partial charge in [-0.1, -0.05) is 13.8 Å². The Labute approximate surface area is 93.9 Å². The average molecular weight is 232 g/mol. The van der Waals surface area contributed by atoms with Crippen molar-refractivity contribution in [2.24, 2.45) is 11.8 Å². The van der Waals surface area contributed by atoms with E-state index < -0.39 is 0 Å². The van der Waals surface area contributed by atoms with E-state index in [4.69, 9.17) is 9.59 Å². The Morgan fingerprint density at radius 3 is 1.88 bits per heavy atom. The lowest BCUT2D eigenvalue weighted by atomic mass is 9.93. The molecule has 0 radical (unpaired) electrons. The minimum absolute atomic E-state index is 0.0556. The summed E-state index contributed by atoms with van der Waals surface area (Å²) in [6, 6.07) is 0. The lowest BCUT2D eigenvalue weighted by Crippen LogP contribution is -2.22. The second-order valence-corrected chi connectivity index (χ2v) is 3.15. The van der Waals surface area contributed by atoms with E-state index in [2.05, 4.69) is 9.47 Å². The summed E-state index contributed by atoms with van der Waals surface area (Å²) in [7, 11) is 2.67. The molecule has 0 aliphatic rings. The van der Waals surface area contributed by atoms with Gasteiger partial charge in [-0.2, -0.15) is 9.59 Å². The Balaban J connectivity index is 0. The van der Waals surface area contributed by atoms with Crippen LogP contribution in [0.2, 0.25) is 0 Å². The molecule has 16 heavy (non-hydrogen) atoms. The highest BCUT2D eigenvalue weighted by Gasteiger charge is 2.23. The molecular formula is C10H16O6. The molecule has 0 rings (SSSR count). The van der Waals surface area contributed by atoms with Gasteiger partial charge in [-0.25, -0.2) is 0 Å². The topological polar surface area (TPSA) is 86.7 Å². The fourth-order valence-corrected chi connectivity index (χ4v) is 0.941. The van der Waals surface area contributed by atoms with Crippen molar-refractivity contribution in [2.45, 2.75) is 20.3 Å². The third-order valence-electron chi connectivity index (χ3n) is 2.14. The molecule has 0 aliphatic carbocycles. The Bertz CT molecular complexity index is 254. The van der Waals surface area contributed by atoms with E-state index in [1.807, 2.05) is 6.92 Å². The van der Waals surface area contributed by atoms with Crippen LogP contribution in [0.25, 0.3) is 0 Å². The number of methoxy groups -OCH3 is 2. The van der Waals surface area contributed by atoms with Gasteiger partial charge in [-0.05, 0) is 5.92 Å². The van der Waals surface area contributed by atoms with E-state index >= 15 is 0 Å². The van der Waals surface area contributed by atoms with E-state index in [0.29, 0.717) is 0 Å². The maximum atomic E-state index is 11.0. The molecular weight excluding hydrogens is 216 g/mol. The van der Waals surface area contributed by atoms with Crippen molar-refractivity contribution in [3.05, 3.63) is 0 Å². The first-order valence-corrected chi connectivity index (χ1v) is 4.58. The molecule has 0 N–H and O–H groups in total. The van der Waals surface area contributed by atoms with E-state index in [9.17, 15) is 9.59 Å². The number of hydrogen-bond acceptors (Lipinski definition) is 6. The molecule has 2 atom stereocenters. The normalized spacial score (nSPS) is 12.2. The summed E-state index contributed by atoms with van der Waals surface area (Å²) in [6.07, 6.45) is 0.493. The number of carbonyl (C=O) groups excluding carboxylic acids is 4. The molecule has 0 saturated heterocycles. The summed E-state index contributed by atoms with van der Waals surface area (Å²) in [5.41, 5.74) is 0. The summed E-state index contributed by atoms with van der Waals surface area (Å²) in [4.78, 5) is 38.2. The van der Waals surface area contributed by atoms with Crippen molar-refractivity contribution in [3.63, 3.8) is 0 Å². The summed E-state index contributed by atoms with van der Waals surface area (Å²) >= 11 is 0. The highest BCUT2D eigenvalue weighted by atomic mass is 16.5. The molecule has 0 aliphatic heterocycles. The number of carbonyl (C=O) groups is 2. The van der Waals surface area contributed by atoms with Crippen molar-refractivity contribution < 1.29 is 28.7 Å². The van der Waals surface area contributed by atoms with Crippen molar-refractivity contribution >= 4 is 18.1 Å². The van der Waals surface area contributed by atoms with Crippen LogP contribution < -0.4 is 0 Å². The minimum Gasteiger partial charge on any atom is -0.469 e. The Morgan fingerprint density at radius 1 is 1.12 bits per heavy atom. The monoisotopic (exact) mass is 232 g/mol. The third kappa shape index (κ3) is 7.70. The smallest absolute Gasteiger partial charge is 0.373 e. The second-order valence-electron chi connectivity index (χ2n) is 3.15. The number of hydrogen-bond donors (Lipinski definition) is 0. The molecule has 0 heterocycles. The predicted molar refractivity (Wildman–Crippen MR) is 52.0 cm³/mol. The molecule has 0 aromatic rings. The zero-order valence-electron chi connectivity index (χ0n) is 9.81. The predicted octanol–water partition coefficient (Wildman–Crippen LogP) is 0.411. The Hall–Kier alpha value is -1.68. The average Bonchev–Trinajstić information content (AvgIpc) is 2.27. The summed E-state index contributed by atoms with van der Waals surface area (Å²) in [5, 5.41) is 0. The summed E-state index contributed by atoms with van der Waals surface area (Å²) in [6.45, 7) is 3.55. The number of ether oxygens (including phenoxy) is 2. The van der Waals surface area contributed by atoms with E-state index in [-0.39, 0.29) is 36.3 Å². The molecule has 0 aromatic heterocycles. The van der Waals surface area contributed by atoms with Crippen LogP contribution in [0.4, 0.5) is 0 Å². The maximum Gasteiger partial charge on any atom is 0.373 e. The van der Waals surface area contributed by atoms with Gasteiger partial charge in [0.1, 0.15) is 0 Å². The van der Waals surface area contributed by atoms with Gasteiger partial charge in [0.05, 0.1) is 20.1 Å². The molecule has 0 spiro atoms. The van der Waals surface area contributed by atoms with Crippen molar-refractivity contribution in [1.82, 2.24) is 0 Å². The first-order chi connectivity index (χ1) is 7.44. The van der Waals surface area contributed by atoms with E-state index in [1.54, 1.807) is 6.92 Å². The van der Waals surface area contributed by atoms with Crippen LogP contribution in [0.1, 0.15) is 20.3 Å². The number of esters is 2. The molecule has 0 fully saturated rings. The van der Waals surface area contributed by atoms with Gasteiger partial charge in [0.2, 0.25) is 0 Å². The molecule has 92 valence electrons. The van der Waals surface area contributed by atoms with Gasteiger partial charge >= 0.3 is 18.1 Å². The van der Waals surface area contributed by atoms with Crippen molar-refractivity contribution in [3.8, 4) is 0 Å². The second kappa shape index (κ2) is 9.86. The first-order valence-electron chi connectivity index (χ1n) is 4.58. The lowest BCUT2D eigenvalue weighted by molar-refractivity contribution is -0.191. The SMILES string of the molecule is COC(=O)CC(C)C(C)C(=O)OC.O=C=O. The molecule has 2 unspecified atom stereocenters. The fraction of sp³-hybridized carbons (Fsp3) is 0.700. The summed E-state index contributed by atoms with van der Waals surface area (Å²) in [5.74, 6) is -0.927. The van der Waals surface area contributed by atoms with Gasteiger partial charge in [0.15, 0.2) is 0 Å². The van der Waals surface area contributed by atoms with Gasteiger partial charge < -0.3 is 9.47 Å². The Kier molecular flexibility index (Phi) is 10.3. The molecule has 0 bridgehead atoms. The highest BCUT2D eigenvalue weighted by molar-refractivity contribution is 5.74. The van der Waals surface area contributed by atoms with Crippen LogP contribution >= 0.6 is 0 Å². The van der Waals surface area contributed by atoms with Gasteiger partial charge in [0, 0.05) is 6.42 Å². The van der Waals surface area contributed by atoms with Gasteiger partial charge in [-0.3, -0.25) is 9.59 Å². The van der Waals surface area contributed by atoms with Gasteiger partial charge in [-0.15, -0.1) is 0 Å². The molecule has 6 nitrogen and oxygen atoms in total. The van der Waals surface area contributed by atoms with Crippen LogP contribution in [0.3, 0.4) is 0 Å². The fourth-order valence-electron chi connectivity index (χ4n) is 0.941. The zero-order valence-corrected chi connectivity index (χ0v) is 9.81. The van der Waals surface area contributed by atoms with Crippen molar-refractivity contribution in [1.29, 1.82) is 0 Å². The first kappa shape index (κ1) is 16.7. The summed E-state index contributed by atoms with van der Waals surface area (Å²) < 4.78 is 9.05. The van der Waals surface area contributed by atoms with Crippen LogP contribution in [-0.2, 0) is 28.7 Å². The highest BCUT2D eigenvalue weighted by Crippen LogP contribution is 2.16. The van der Waals surface area contributed by atoms with Crippen molar-refractivity contribution in [2.75, 3.05) is 14.2 Å². The Morgan fingerprint density at radius 2 is 1.56 bits per heavy atom. The van der Waals surface area contributed by atoms with E-state index in [0.717, 1.165) is 0 Å². The van der Waals surface area contributed by atoms with E-state index in [1.165, 1.54) is 14.2 Å². The molecule has 0 aromatic carbocycles. The quantitative estimate of drug-likeness (QED) is 0.652. The maximum absolute atomic E-state index is 11.0. The molecule has 6 heteroatoms. The third-order valence-corrected chi connectivity index (χ3v) is 2.14. The van der Waals surface area contributed by atoms with Gasteiger partial charge in [0.25, 0.3) is 0 Å². The zero-order chi connectivity index (χ0) is 13.1. The standard InChI is InChI=1S/C9H16O4.CO2/c1-6(5-8(10)12-3)7(2)9(11)13-4;2-1-3/h6-7H,5H2,1-4H3;. The lowest BCUT2D eigenvalue weighted by Gasteiger charge is -2.15. The largest absolute Gasteiger partial charge is 0.469 e. The molecule has 0 saturated carbocycles. The molecule has 0 amide bonds. The van der Waals surface area contributed by atoms with Crippen LogP contribution in [0.15, 0.2) is 0 Å². The van der Waals surface area contributed by atoms with Crippen LogP contribution in [0, 0.1) is 11.8 Å². The van der Waals surface area contributed by atoms with Crippen LogP contribution in [0.5, 0.6) is 0 Å².